The number of sulfonamides is 1. The minimum atomic E-state index is -3.69. The van der Waals surface area contributed by atoms with Crippen LogP contribution in [0.2, 0.25) is 5.02 Å². The van der Waals surface area contributed by atoms with Crippen molar-refractivity contribution in [3.05, 3.63) is 53.4 Å². The van der Waals surface area contributed by atoms with E-state index in [0.29, 0.717) is 30.2 Å². The van der Waals surface area contributed by atoms with Gasteiger partial charge >= 0.3 is 6.03 Å². The van der Waals surface area contributed by atoms with E-state index in [9.17, 15) is 13.2 Å². The number of hydrogen-bond donors (Lipinski definition) is 2. The lowest BCUT2D eigenvalue weighted by atomic mass is 10.3. The Morgan fingerprint density at radius 2 is 2.04 bits per heavy atom. The maximum atomic E-state index is 12.8. The summed E-state index contributed by atoms with van der Waals surface area (Å²) in [5, 5.41) is 5.82. The Balaban J connectivity index is 1.65. The number of benzene rings is 1. The van der Waals surface area contributed by atoms with Crippen molar-refractivity contribution in [2.45, 2.75) is 30.4 Å². The zero-order valence-electron chi connectivity index (χ0n) is 13.3. The first-order valence-electron chi connectivity index (χ1n) is 7.81. The molecule has 2 N–H and O–H groups in total. The second-order valence-electron chi connectivity index (χ2n) is 5.63. The van der Waals surface area contributed by atoms with E-state index < -0.39 is 22.2 Å². The van der Waals surface area contributed by atoms with E-state index in [1.54, 1.807) is 12.1 Å². The Morgan fingerprint density at radius 1 is 1.28 bits per heavy atom. The fourth-order valence-corrected chi connectivity index (χ4v) is 4.44. The first-order valence-corrected chi connectivity index (χ1v) is 9.63. The molecule has 134 valence electrons. The van der Waals surface area contributed by atoms with Gasteiger partial charge in [-0.2, -0.15) is 4.31 Å². The van der Waals surface area contributed by atoms with Crippen molar-refractivity contribution in [2.75, 3.05) is 6.54 Å². The van der Waals surface area contributed by atoms with Crippen LogP contribution in [-0.2, 0) is 16.6 Å². The number of halogens is 1. The third kappa shape index (κ3) is 4.15. The molecule has 3 rings (SSSR count). The molecule has 1 fully saturated rings. The van der Waals surface area contributed by atoms with E-state index in [2.05, 4.69) is 10.6 Å². The summed E-state index contributed by atoms with van der Waals surface area (Å²) in [5.41, 5.74) is 0. The van der Waals surface area contributed by atoms with Crippen LogP contribution < -0.4 is 10.6 Å². The van der Waals surface area contributed by atoms with Gasteiger partial charge in [0.15, 0.2) is 0 Å². The van der Waals surface area contributed by atoms with Gasteiger partial charge in [0.25, 0.3) is 0 Å². The molecule has 2 amide bonds. The molecule has 0 spiro atoms. The SMILES string of the molecule is O=C(NCc1ccco1)NC1CCCN1S(=O)(=O)c1ccc(Cl)cc1. The molecule has 1 aliphatic rings. The molecule has 1 aromatic carbocycles. The van der Waals surface area contributed by atoms with Gasteiger partial charge in [0.2, 0.25) is 10.0 Å². The zero-order valence-corrected chi connectivity index (χ0v) is 14.9. The number of nitrogens with zero attached hydrogens (tertiary/aromatic N) is 1. The van der Waals surface area contributed by atoms with Crippen LogP contribution in [0.25, 0.3) is 0 Å². The molecule has 0 radical (unpaired) electrons. The summed E-state index contributed by atoms with van der Waals surface area (Å²) >= 11 is 5.81. The summed E-state index contributed by atoms with van der Waals surface area (Å²) in [6.07, 6.45) is 2.17. The smallest absolute Gasteiger partial charge is 0.316 e. The van der Waals surface area contributed by atoms with Crippen LogP contribution in [0.1, 0.15) is 18.6 Å². The minimum absolute atomic E-state index is 0.154. The normalized spacial score (nSPS) is 18.2. The van der Waals surface area contributed by atoms with Crippen molar-refractivity contribution in [3.63, 3.8) is 0 Å². The topological polar surface area (TPSA) is 91.7 Å². The van der Waals surface area contributed by atoms with Crippen LogP contribution in [-0.4, -0.2) is 31.5 Å². The summed E-state index contributed by atoms with van der Waals surface area (Å²) in [4.78, 5) is 12.2. The lowest BCUT2D eigenvalue weighted by Gasteiger charge is -2.25. The fraction of sp³-hybridized carbons (Fsp3) is 0.312. The molecule has 1 aliphatic heterocycles. The molecule has 25 heavy (non-hydrogen) atoms. The Labute approximate surface area is 151 Å². The summed E-state index contributed by atoms with van der Waals surface area (Å²) in [5.74, 6) is 0.618. The lowest BCUT2D eigenvalue weighted by molar-refractivity contribution is 0.227. The van der Waals surface area contributed by atoms with Crippen LogP contribution >= 0.6 is 11.6 Å². The molecule has 2 aromatic rings. The molecule has 2 heterocycles. The summed E-state index contributed by atoms with van der Waals surface area (Å²) in [7, 11) is -3.69. The fourth-order valence-electron chi connectivity index (χ4n) is 2.70. The molecule has 9 heteroatoms. The predicted molar refractivity (Wildman–Crippen MR) is 92.4 cm³/mol. The second-order valence-corrected chi connectivity index (χ2v) is 7.96. The van der Waals surface area contributed by atoms with E-state index in [-0.39, 0.29) is 11.4 Å². The number of urea groups is 1. The molecular weight excluding hydrogens is 366 g/mol. The highest BCUT2D eigenvalue weighted by Crippen LogP contribution is 2.25. The molecule has 0 aliphatic carbocycles. The van der Waals surface area contributed by atoms with Crippen molar-refractivity contribution >= 4 is 27.7 Å². The van der Waals surface area contributed by atoms with Gasteiger partial charge in [0, 0.05) is 11.6 Å². The highest BCUT2D eigenvalue weighted by atomic mass is 35.5. The van der Waals surface area contributed by atoms with E-state index in [1.807, 2.05) is 0 Å². The number of amides is 2. The molecular formula is C16H18ClN3O4S. The van der Waals surface area contributed by atoms with Gasteiger partial charge in [0.1, 0.15) is 5.76 Å². The Hall–Kier alpha value is -2.03. The van der Waals surface area contributed by atoms with E-state index >= 15 is 0 Å². The standard InChI is InChI=1S/C16H18ClN3O4S/c17-12-5-7-14(8-6-12)25(22,23)20-9-1-4-15(20)19-16(21)18-11-13-3-2-10-24-13/h2-3,5-8,10,15H,1,4,9,11H2,(H2,18,19,21). The highest BCUT2D eigenvalue weighted by Gasteiger charge is 2.36. The number of carbonyl (C=O) groups excluding carboxylic acids is 1. The quantitative estimate of drug-likeness (QED) is 0.829. The van der Waals surface area contributed by atoms with Crippen molar-refractivity contribution in [1.29, 1.82) is 0 Å². The third-order valence-electron chi connectivity index (χ3n) is 3.92. The lowest BCUT2D eigenvalue weighted by Crippen LogP contribution is -2.49. The van der Waals surface area contributed by atoms with Gasteiger partial charge in [-0.1, -0.05) is 11.6 Å². The van der Waals surface area contributed by atoms with Crippen LogP contribution in [0.15, 0.2) is 52.0 Å². The van der Waals surface area contributed by atoms with Crippen LogP contribution in [0.3, 0.4) is 0 Å². The van der Waals surface area contributed by atoms with Gasteiger partial charge in [-0.15, -0.1) is 0 Å². The van der Waals surface area contributed by atoms with Crippen molar-refractivity contribution in [3.8, 4) is 0 Å². The van der Waals surface area contributed by atoms with E-state index in [4.69, 9.17) is 16.0 Å². The Morgan fingerprint density at radius 3 is 2.72 bits per heavy atom. The average Bonchev–Trinajstić information content (AvgIpc) is 3.25. The average molecular weight is 384 g/mol. The number of furan rings is 1. The predicted octanol–water partition coefficient (Wildman–Crippen LogP) is 2.54. The molecule has 1 saturated heterocycles. The third-order valence-corrected chi connectivity index (χ3v) is 6.10. The molecule has 0 saturated carbocycles. The van der Waals surface area contributed by atoms with Gasteiger partial charge in [-0.25, -0.2) is 13.2 Å². The molecule has 1 atom stereocenters. The summed E-state index contributed by atoms with van der Waals surface area (Å²) in [6, 6.07) is 9.01. The first-order chi connectivity index (χ1) is 12.0. The monoisotopic (exact) mass is 383 g/mol. The van der Waals surface area contributed by atoms with Gasteiger partial charge in [-0.05, 0) is 49.2 Å². The Bertz CT molecular complexity index is 822. The van der Waals surface area contributed by atoms with Crippen LogP contribution in [0, 0.1) is 0 Å². The molecule has 7 nitrogen and oxygen atoms in total. The largest absolute Gasteiger partial charge is 0.467 e. The summed E-state index contributed by atoms with van der Waals surface area (Å²) in [6.45, 7) is 0.587. The van der Waals surface area contributed by atoms with Crippen molar-refractivity contribution in [2.24, 2.45) is 0 Å². The van der Waals surface area contributed by atoms with Gasteiger partial charge in [0.05, 0.1) is 23.9 Å². The highest BCUT2D eigenvalue weighted by molar-refractivity contribution is 7.89. The van der Waals surface area contributed by atoms with Crippen molar-refractivity contribution in [1.82, 2.24) is 14.9 Å². The van der Waals surface area contributed by atoms with E-state index in [1.165, 1.54) is 34.8 Å². The molecule has 1 aromatic heterocycles. The van der Waals surface area contributed by atoms with E-state index in [0.717, 1.165) is 0 Å². The van der Waals surface area contributed by atoms with Gasteiger partial charge < -0.3 is 15.1 Å². The number of hydrogen-bond acceptors (Lipinski definition) is 4. The van der Waals surface area contributed by atoms with Crippen molar-refractivity contribution < 1.29 is 17.6 Å². The van der Waals surface area contributed by atoms with Crippen LogP contribution in [0.4, 0.5) is 4.79 Å². The second kappa shape index (κ2) is 7.47. The Kier molecular flexibility index (Phi) is 5.31. The van der Waals surface area contributed by atoms with Crippen LogP contribution in [0.5, 0.6) is 0 Å². The maximum absolute atomic E-state index is 12.8. The number of nitrogens with one attached hydrogen (secondary N) is 2. The maximum Gasteiger partial charge on any atom is 0.316 e. The molecule has 1 unspecified atom stereocenters. The minimum Gasteiger partial charge on any atom is -0.467 e. The summed E-state index contributed by atoms with van der Waals surface area (Å²) < 4.78 is 32.0. The zero-order chi connectivity index (χ0) is 17.9. The van der Waals surface area contributed by atoms with Gasteiger partial charge in [-0.3, -0.25) is 0 Å². The molecule has 0 bridgehead atoms. The first kappa shape index (κ1) is 17.8. The number of rotatable bonds is 5. The number of carbonyl (C=O) groups is 1.